The van der Waals surface area contributed by atoms with Gasteiger partial charge in [-0.15, -0.1) is 0 Å². The highest BCUT2D eigenvalue weighted by atomic mass is 16.4. The van der Waals surface area contributed by atoms with E-state index >= 15 is 0 Å². The number of anilines is 2. The molecule has 1 aliphatic heterocycles. The number of hydrogen-bond acceptors (Lipinski definition) is 3. The zero-order valence-corrected chi connectivity index (χ0v) is 9.53. The predicted molar refractivity (Wildman–Crippen MR) is 64.4 cm³/mol. The number of rotatable bonds is 2. The van der Waals surface area contributed by atoms with E-state index in [1.54, 1.807) is 12.1 Å². The molecule has 0 spiro atoms. The van der Waals surface area contributed by atoms with Gasteiger partial charge in [0.25, 0.3) is 0 Å². The van der Waals surface area contributed by atoms with E-state index in [1.807, 2.05) is 6.07 Å². The van der Waals surface area contributed by atoms with Gasteiger partial charge < -0.3 is 15.3 Å². The van der Waals surface area contributed by atoms with Gasteiger partial charge in [0.05, 0.1) is 16.9 Å². The monoisotopic (exact) mass is 220 g/mol. The summed E-state index contributed by atoms with van der Waals surface area (Å²) in [6.07, 6.45) is 0. The van der Waals surface area contributed by atoms with Gasteiger partial charge in [-0.3, -0.25) is 0 Å². The van der Waals surface area contributed by atoms with Gasteiger partial charge in [0, 0.05) is 19.1 Å². The van der Waals surface area contributed by atoms with Crippen molar-refractivity contribution in [3.05, 3.63) is 23.8 Å². The first kappa shape index (κ1) is 10.8. The van der Waals surface area contributed by atoms with E-state index in [1.165, 1.54) is 0 Å². The number of carboxylic acid groups (broad SMARTS) is 1. The molecule has 1 aliphatic rings. The Kier molecular flexibility index (Phi) is 2.73. The van der Waals surface area contributed by atoms with Gasteiger partial charge in [-0.2, -0.15) is 0 Å². The quantitative estimate of drug-likeness (QED) is 0.800. The summed E-state index contributed by atoms with van der Waals surface area (Å²) in [5.41, 5.74) is 2.34. The Bertz CT molecular complexity index is 417. The van der Waals surface area contributed by atoms with Crippen LogP contribution in [0.3, 0.4) is 0 Å². The lowest BCUT2D eigenvalue weighted by molar-refractivity contribution is 0.0697. The number of nitrogens with one attached hydrogen (secondary N) is 1. The van der Waals surface area contributed by atoms with Gasteiger partial charge in [0.15, 0.2) is 0 Å². The van der Waals surface area contributed by atoms with Crippen LogP contribution in [0.5, 0.6) is 0 Å². The van der Waals surface area contributed by atoms with Gasteiger partial charge >= 0.3 is 5.97 Å². The normalized spacial score (nSPS) is 18.9. The Morgan fingerprint density at radius 1 is 1.62 bits per heavy atom. The average molecular weight is 220 g/mol. The van der Waals surface area contributed by atoms with Gasteiger partial charge in [0.1, 0.15) is 0 Å². The van der Waals surface area contributed by atoms with Crippen molar-refractivity contribution in [2.75, 3.05) is 23.3 Å². The zero-order chi connectivity index (χ0) is 11.7. The Morgan fingerprint density at radius 2 is 2.38 bits per heavy atom. The van der Waals surface area contributed by atoms with Crippen molar-refractivity contribution in [2.24, 2.45) is 0 Å². The molecule has 0 saturated carbocycles. The largest absolute Gasteiger partial charge is 0.478 e. The number of benzene rings is 1. The average Bonchev–Trinajstić information content (AvgIpc) is 2.28. The minimum absolute atomic E-state index is 0.330. The van der Waals surface area contributed by atoms with Crippen LogP contribution in [0.1, 0.15) is 24.2 Å². The van der Waals surface area contributed by atoms with Crippen LogP contribution in [-0.2, 0) is 0 Å². The Hall–Kier alpha value is -1.71. The van der Waals surface area contributed by atoms with E-state index in [-0.39, 0.29) is 0 Å². The van der Waals surface area contributed by atoms with E-state index in [9.17, 15) is 4.79 Å². The summed E-state index contributed by atoms with van der Waals surface area (Å²) in [5.74, 6) is -0.883. The Balaban J connectivity index is 2.42. The van der Waals surface area contributed by atoms with Crippen LogP contribution in [0.15, 0.2) is 18.2 Å². The van der Waals surface area contributed by atoms with E-state index < -0.39 is 5.97 Å². The third-order valence-electron chi connectivity index (χ3n) is 3.01. The van der Waals surface area contributed by atoms with Crippen molar-refractivity contribution < 1.29 is 9.90 Å². The van der Waals surface area contributed by atoms with Gasteiger partial charge in [-0.05, 0) is 32.0 Å². The van der Waals surface area contributed by atoms with Crippen molar-refractivity contribution in [3.8, 4) is 0 Å². The third-order valence-corrected chi connectivity index (χ3v) is 3.01. The minimum atomic E-state index is -0.883. The summed E-state index contributed by atoms with van der Waals surface area (Å²) in [6.45, 7) is 6.05. The summed E-state index contributed by atoms with van der Waals surface area (Å²) in [7, 11) is 0. The maximum atomic E-state index is 10.9. The fourth-order valence-electron chi connectivity index (χ4n) is 2.15. The molecule has 0 aromatic heterocycles. The highest BCUT2D eigenvalue weighted by Gasteiger charge is 2.22. The lowest BCUT2D eigenvalue weighted by Crippen LogP contribution is -2.41. The summed E-state index contributed by atoms with van der Waals surface area (Å²) < 4.78 is 0. The van der Waals surface area contributed by atoms with Crippen LogP contribution in [-0.4, -0.2) is 30.2 Å². The highest BCUT2D eigenvalue weighted by Crippen LogP contribution is 2.32. The van der Waals surface area contributed by atoms with Crippen LogP contribution in [0.25, 0.3) is 0 Å². The second kappa shape index (κ2) is 4.04. The van der Waals surface area contributed by atoms with E-state index in [0.29, 0.717) is 11.6 Å². The zero-order valence-electron chi connectivity index (χ0n) is 9.53. The molecule has 2 N–H and O–H groups in total. The van der Waals surface area contributed by atoms with E-state index in [2.05, 4.69) is 24.1 Å². The molecule has 1 atom stereocenters. The predicted octanol–water partition coefficient (Wildman–Crippen LogP) is 2.03. The Morgan fingerprint density at radius 3 is 3.00 bits per heavy atom. The molecule has 0 radical (unpaired) electrons. The first-order valence-corrected chi connectivity index (χ1v) is 5.51. The number of likely N-dealkylation sites (N-methyl/N-ethyl adjacent to an activating group) is 1. The number of hydrogen-bond donors (Lipinski definition) is 2. The summed E-state index contributed by atoms with van der Waals surface area (Å²) >= 11 is 0. The molecule has 86 valence electrons. The van der Waals surface area contributed by atoms with Gasteiger partial charge in [-0.25, -0.2) is 4.79 Å². The third kappa shape index (κ3) is 1.71. The number of aromatic carboxylic acids is 1. The lowest BCUT2D eigenvalue weighted by Gasteiger charge is -2.37. The maximum absolute atomic E-state index is 10.9. The summed E-state index contributed by atoms with van der Waals surface area (Å²) in [4.78, 5) is 13.1. The summed E-state index contributed by atoms with van der Waals surface area (Å²) in [6, 6.07) is 5.67. The molecule has 1 aromatic rings. The van der Waals surface area contributed by atoms with Crippen molar-refractivity contribution >= 4 is 17.3 Å². The summed E-state index contributed by atoms with van der Waals surface area (Å²) in [5, 5.41) is 12.2. The van der Waals surface area contributed by atoms with Crippen molar-refractivity contribution in [1.82, 2.24) is 0 Å². The molecule has 0 bridgehead atoms. The second-order valence-electron chi connectivity index (χ2n) is 4.05. The molecule has 0 fully saturated rings. The van der Waals surface area contributed by atoms with Crippen molar-refractivity contribution in [1.29, 1.82) is 0 Å². The first-order chi connectivity index (χ1) is 7.63. The van der Waals surface area contributed by atoms with Crippen molar-refractivity contribution in [2.45, 2.75) is 19.9 Å². The van der Waals surface area contributed by atoms with Crippen molar-refractivity contribution in [3.63, 3.8) is 0 Å². The topological polar surface area (TPSA) is 52.6 Å². The van der Waals surface area contributed by atoms with Crippen LogP contribution >= 0.6 is 0 Å². The van der Waals surface area contributed by atoms with Crippen LogP contribution in [0.4, 0.5) is 11.4 Å². The molecule has 1 aromatic carbocycles. The molecule has 1 heterocycles. The number of carboxylic acids is 1. The molecule has 0 aliphatic carbocycles. The number of nitrogens with zero attached hydrogens (tertiary/aromatic N) is 1. The van der Waals surface area contributed by atoms with Crippen LogP contribution in [0, 0.1) is 0 Å². The number of fused-ring (bicyclic) bond motifs is 1. The van der Waals surface area contributed by atoms with Gasteiger partial charge in [-0.1, -0.05) is 0 Å². The molecule has 4 nitrogen and oxygen atoms in total. The SMILES string of the molecule is CCN1c2ccc(C(=O)O)cc2NCC1C. The molecule has 0 amide bonds. The van der Waals surface area contributed by atoms with Gasteiger partial charge in [0.2, 0.25) is 0 Å². The molecule has 1 unspecified atom stereocenters. The molecule has 4 heteroatoms. The second-order valence-corrected chi connectivity index (χ2v) is 4.05. The minimum Gasteiger partial charge on any atom is -0.478 e. The first-order valence-electron chi connectivity index (χ1n) is 5.51. The van der Waals surface area contributed by atoms with Crippen LogP contribution < -0.4 is 10.2 Å². The lowest BCUT2D eigenvalue weighted by atomic mass is 10.1. The molecule has 16 heavy (non-hydrogen) atoms. The Labute approximate surface area is 94.9 Å². The van der Waals surface area contributed by atoms with Crippen LogP contribution in [0.2, 0.25) is 0 Å². The molecule has 0 saturated heterocycles. The fraction of sp³-hybridized carbons (Fsp3) is 0.417. The smallest absolute Gasteiger partial charge is 0.335 e. The molecular weight excluding hydrogens is 204 g/mol. The molecular formula is C12H16N2O2. The van der Waals surface area contributed by atoms with E-state index in [0.717, 1.165) is 24.5 Å². The molecule has 2 rings (SSSR count). The number of carbonyl (C=O) groups is 1. The maximum Gasteiger partial charge on any atom is 0.335 e. The highest BCUT2D eigenvalue weighted by molar-refractivity contribution is 5.91. The fourth-order valence-corrected chi connectivity index (χ4v) is 2.15. The standard InChI is InChI=1S/C12H16N2O2/c1-3-14-8(2)7-13-10-6-9(12(15)16)4-5-11(10)14/h4-6,8,13H,3,7H2,1-2H3,(H,15,16). The van der Waals surface area contributed by atoms with E-state index in [4.69, 9.17) is 5.11 Å².